The molecule has 0 bridgehead atoms. The number of benzene rings is 2. The smallest absolute Gasteiger partial charge is 0.319 e. The molecule has 0 amide bonds. The first-order valence-corrected chi connectivity index (χ1v) is 9.66. The minimum Gasteiger partial charge on any atom is -0.319 e. The van der Waals surface area contributed by atoms with Gasteiger partial charge >= 0.3 is 11.4 Å². The lowest BCUT2D eigenvalue weighted by molar-refractivity contribution is 0.204. The highest BCUT2D eigenvalue weighted by Gasteiger charge is 2.49. The first-order valence-electron chi connectivity index (χ1n) is 8.37. The summed E-state index contributed by atoms with van der Waals surface area (Å²) in [5.74, 6) is -0.716. The molecule has 1 fully saturated rings. The normalized spacial score (nSPS) is 18.8. The van der Waals surface area contributed by atoms with Crippen molar-refractivity contribution in [2.24, 2.45) is 0 Å². The largest absolute Gasteiger partial charge is 0.447 e. The van der Waals surface area contributed by atoms with Gasteiger partial charge in [0.15, 0.2) is 0 Å². The van der Waals surface area contributed by atoms with E-state index in [-0.39, 0.29) is 0 Å². The van der Waals surface area contributed by atoms with Crippen LogP contribution in [0.3, 0.4) is 0 Å². The summed E-state index contributed by atoms with van der Waals surface area (Å²) in [6, 6.07) is 18.5. The lowest BCUT2D eigenvalue weighted by Gasteiger charge is -2.34. The monoisotopic (exact) mass is 399 g/mol. The van der Waals surface area contributed by atoms with Crippen LogP contribution < -0.4 is 16.3 Å². The van der Waals surface area contributed by atoms with Crippen LogP contribution in [0.25, 0.3) is 5.69 Å². The molecule has 8 heteroatoms. The summed E-state index contributed by atoms with van der Waals surface area (Å²) < 4.78 is 8.15. The van der Waals surface area contributed by atoms with Gasteiger partial charge in [0.25, 0.3) is 0 Å². The van der Waals surface area contributed by atoms with Gasteiger partial charge in [-0.3, -0.25) is 0 Å². The summed E-state index contributed by atoms with van der Waals surface area (Å²) in [7, 11) is 0. The van der Waals surface area contributed by atoms with Gasteiger partial charge in [0, 0.05) is 5.69 Å². The van der Waals surface area contributed by atoms with Crippen LogP contribution in [0.4, 0.5) is 5.69 Å². The van der Waals surface area contributed by atoms with Crippen molar-refractivity contribution in [3.05, 3.63) is 81.7 Å². The van der Waals surface area contributed by atoms with E-state index in [4.69, 9.17) is 16.7 Å². The third-order valence-corrected chi connectivity index (χ3v) is 6.40. The van der Waals surface area contributed by atoms with Gasteiger partial charge in [-0.25, -0.2) is 9.59 Å². The minimum atomic E-state index is -0.716. The Balaban J connectivity index is 1.80. The average Bonchev–Trinajstić information content (AvgIpc) is 3.07. The van der Waals surface area contributed by atoms with Crippen molar-refractivity contribution in [3.8, 4) is 5.69 Å². The van der Waals surface area contributed by atoms with E-state index >= 15 is 0 Å². The molecule has 0 aliphatic carbocycles. The summed E-state index contributed by atoms with van der Waals surface area (Å²) in [6.45, 7) is 3.95. The van der Waals surface area contributed by atoms with Crippen molar-refractivity contribution >= 4 is 34.0 Å². The maximum absolute atomic E-state index is 13.0. The van der Waals surface area contributed by atoms with Crippen LogP contribution >= 0.6 is 24.0 Å². The highest BCUT2D eigenvalue weighted by Crippen LogP contribution is 2.48. The molecule has 0 spiro atoms. The molecule has 1 aliphatic heterocycles. The Hall–Kier alpha value is -2.58. The van der Waals surface area contributed by atoms with Gasteiger partial charge in [-0.05, 0) is 38.1 Å². The predicted octanol–water partition coefficient (Wildman–Crippen LogP) is 3.41. The fraction of sp³-hybridized carbons (Fsp3) is 0.211. The fourth-order valence-electron chi connectivity index (χ4n) is 3.27. The van der Waals surface area contributed by atoms with E-state index in [2.05, 4.69) is 0 Å². The van der Waals surface area contributed by atoms with Gasteiger partial charge in [-0.15, -0.1) is 4.74 Å². The van der Waals surface area contributed by atoms with Gasteiger partial charge in [0.1, 0.15) is 9.69 Å². The lowest BCUT2D eigenvalue weighted by atomic mass is 10.0. The standard InChI is InChI=1S/C19H17N3O3S2/c1-19(2)15(27-18(26)21(19)14-11-7-4-8-12-14)22-16(23)20(17(24)25-22)13-9-5-3-6-10-13/h3-12,15H,1-2H3/t15-/m1/s1. The summed E-state index contributed by atoms with van der Waals surface area (Å²) in [6.07, 6.45) is 0. The van der Waals surface area contributed by atoms with E-state index < -0.39 is 22.4 Å². The maximum Gasteiger partial charge on any atom is 0.447 e. The average molecular weight is 399 g/mol. The van der Waals surface area contributed by atoms with Gasteiger partial charge in [-0.2, -0.15) is 4.57 Å². The van der Waals surface area contributed by atoms with Crippen molar-refractivity contribution in [3.63, 3.8) is 0 Å². The van der Waals surface area contributed by atoms with E-state index in [0.29, 0.717) is 10.0 Å². The molecule has 0 unspecified atom stereocenters. The molecular weight excluding hydrogens is 382 g/mol. The van der Waals surface area contributed by atoms with Crippen LogP contribution in [0.1, 0.15) is 19.2 Å². The number of hydrogen-bond acceptors (Lipinski definition) is 5. The molecule has 6 nitrogen and oxygen atoms in total. The summed E-state index contributed by atoms with van der Waals surface area (Å²) >= 11 is 6.91. The third kappa shape index (κ3) is 2.85. The molecule has 1 atom stereocenters. The van der Waals surface area contributed by atoms with E-state index in [1.165, 1.54) is 11.8 Å². The van der Waals surface area contributed by atoms with Gasteiger partial charge in [0.05, 0.1) is 11.2 Å². The highest BCUT2D eigenvalue weighted by molar-refractivity contribution is 8.23. The Kier molecular flexibility index (Phi) is 4.32. The zero-order valence-electron chi connectivity index (χ0n) is 14.7. The number of thiocarbonyl (C=S) groups is 1. The number of nitrogens with zero attached hydrogens (tertiary/aromatic N) is 3. The highest BCUT2D eigenvalue weighted by atomic mass is 32.2. The zero-order chi connectivity index (χ0) is 19.2. The van der Waals surface area contributed by atoms with Gasteiger partial charge < -0.3 is 9.42 Å². The summed E-state index contributed by atoms with van der Waals surface area (Å²) in [5.41, 5.74) is 0.305. The number of para-hydroxylation sites is 2. The Bertz CT molecular complexity index is 1100. The second-order valence-electron chi connectivity index (χ2n) is 6.70. The van der Waals surface area contributed by atoms with Crippen LogP contribution in [-0.2, 0) is 0 Å². The van der Waals surface area contributed by atoms with E-state index in [0.717, 1.165) is 15.0 Å². The molecule has 1 aromatic heterocycles. The fourth-order valence-corrected chi connectivity index (χ4v) is 5.14. The first kappa shape index (κ1) is 17.8. The van der Waals surface area contributed by atoms with Crippen molar-refractivity contribution in [1.29, 1.82) is 0 Å². The Morgan fingerprint density at radius 1 is 0.963 bits per heavy atom. The van der Waals surface area contributed by atoms with Gasteiger partial charge in [-0.1, -0.05) is 60.4 Å². The van der Waals surface area contributed by atoms with Crippen LogP contribution in [0, 0.1) is 0 Å². The zero-order valence-corrected chi connectivity index (χ0v) is 16.4. The molecule has 0 radical (unpaired) electrons. The number of thioether (sulfide) groups is 1. The third-order valence-electron chi connectivity index (χ3n) is 4.56. The molecular formula is C19H17N3O3S2. The minimum absolute atomic E-state index is 0.471. The molecule has 138 valence electrons. The van der Waals surface area contributed by atoms with Crippen LogP contribution in [0.5, 0.6) is 0 Å². The molecule has 1 aliphatic rings. The van der Waals surface area contributed by atoms with Crippen molar-refractivity contribution in [2.75, 3.05) is 4.90 Å². The van der Waals surface area contributed by atoms with Crippen LogP contribution in [-0.4, -0.2) is 19.2 Å². The Morgan fingerprint density at radius 2 is 1.52 bits per heavy atom. The molecule has 0 N–H and O–H groups in total. The van der Waals surface area contributed by atoms with Crippen LogP contribution in [0.15, 0.2) is 74.8 Å². The van der Waals surface area contributed by atoms with Crippen molar-refractivity contribution in [2.45, 2.75) is 24.8 Å². The van der Waals surface area contributed by atoms with Gasteiger partial charge in [0.2, 0.25) is 0 Å². The first-order chi connectivity index (χ1) is 12.9. The maximum atomic E-state index is 13.0. The molecule has 2 aromatic carbocycles. The number of hydrogen-bond donors (Lipinski definition) is 0. The molecule has 27 heavy (non-hydrogen) atoms. The SMILES string of the molecule is CC1(C)[C@H](n2oc(=O)n(-c3ccccc3)c2=O)SC(=S)N1c1ccccc1. The second-order valence-corrected chi connectivity index (χ2v) is 8.41. The quantitative estimate of drug-likeness (QED) is 0.629. The van der Waals surface area contributed by atoms with E-state index in [1.807, 2.05) is 55.1 Å². The molecule has 3 aromatic rings. The lowest BCUT2D eigenvalue weighted by Crippen LogP contribution is -2.46. The predicted molar refractivity (Wildman–Crippen MR) is 111 cm³/mol. The second kappa shape index (κ2) is 6.54. The molecule has 1 saturated heterocycles. The molecule has 0 saturated carbocycles. The topological polar surface area (TPSA) is 60.4 Å². The van der Waals surface area contributed by atoms with Crippen molar-refractivity contribution in [1.82, 2.24) is 9.31 Å². The summed E-state index contributed by atoms with van der Waals surface area (Å²) in [4.78, 5) is 27.3. The Labute approximate surface area is 165 Å². The van der Waals surface area contributed by atoms with Crippen molar-refractivity contribution < 1.29 is 4.52 Å². The Morgan fingerprint density at radius 3 is 2.11 bits per heavy atom. The molecule has 2 heterocycles. The van der Waals surface area contributed by atoms with E-state index in [9.17, 15) is 9.59 Å². The molecule has 4 rings (SSSR count). The number of rotatable bonds is 3. The number of aromatic nitrogens is 2. The van der Waals surface area contributed by atoms with E-state index in [1.54, 1.807) is 24.3 Å². The van der Waals surface area contributed by atoms with Crippen LogP contribution in [0.2, 0.25) is 0 Å². The number of anilines is 1. The summed E-state index contributed by atoms with van der Waals surface area (Å²) in [5, 5.41) is -0.477.